The van der Waals surface area contributed by atoms with Gasteiger partial charge in [0.15, 0.2) is 5.82 Å². The first-order valence-electron chi connectivity index (χ1n) is 9.49. The third-order valence-corrected chi connectivity index (χ3v) is 6.55. The minimum absolute atomic E-state index is 0.233. The molecule has 3 aromatic rings. The maximum absolute atomic E-state index is 12.9. The molecule has 1 aliphatic carbocycles. The second-order valence-corrected chi connectivity index (χ2v) is 8.89. The van der Waals surface area contributed by atoms with Crippen LogP contribution >= 0.6 is 0 Å². The highest BCUT2D eigenvalue weighted by Crippen LogP contribution is 2.38. The zero-order valence-corrected chi connectivity index (χ0v) is 16.7. The third-order valence-electron chi connectivity index (χ3n) is 5.17. The van der Waals surface area contributed by atoms with Gasteiger partial charge in [0.05, 0.1) is 16.6 Å². The lowest BCUT2D eigenvalue weighted by molar-refractivity contribution is 0.601. The predicted octanol–water partition coefficient (Wildman–Crippen LogP) is 3.99. The van der Waals surface area contributed by atoms with Gasteiger partial charge >= 0.3 is 0 Å². The van der Waals surface area contributed by atoms with Crippen molar-refractivity contribution in [2.75, 3.05) is 4.72 Å². The molecule has 0 spiro atoms. The molecular formula is C20H23N5O2S. The molecule has 8 heteroatoms. The zero-order valence-electron chi connectivity index (χ0n) is 15.9. The summed E-state index contributed by atoms with van der Waals surface area (Å²) >= 11 is 0. The Kier molecular flexibility index (Phi) is 4.89. The summed E-state index contributed by atoms with van der Waals surface area (Å²) in [6.07, 6.45) is 3.08. The van der Waals surface area contributed by atoms with Crippen LogP contribution in [0.3, 0.4) is 0 Å². The number of nitrogens with zero attached hydrogens (tertiary/aromatic N) is 4. The Hall–Kier alpha value is -2.74. The number of para-hydroxylation sites is 1. The van der Waals surface area contributed by atoms with Crippen molar-refractivity contribution in [2.24, 2.45) is 0 Å². The van der Waals surface area contributed by atoms with E-state index in [-0.39, 0.29) is 4.90 Å². The number of tetrazole rings is 1. The normalized spacial score (nSPS) is 15.4. The summed E-state index contributed by atoms with van der Waals surface area (Å²) in [7, 11) is -3.72. The van der Waals surface area contributed by atoms with Crippen LogP contribution in [0.25, 0.3) is 11.4 Å². The highest BCUT2D eigenvalue weighted by atomic mass is 32.2. The Labute approximate surface area is 164 Å². The van der Waals surface area contributed by atoms with Crippen molar-refractivity contribution in [1.82, 2.24) is 20.2 Å². The second kappa shape index (κ2) is 7.35. The summed E-state index contributed by atoms with van der Waals surface area (Å²) in [4.78, 5) is 0.233. The van der Waals surface area contributed by atoms with Gasteiger partial charge in [-0.15, -0.1) is 5.10 Å². The number of hydrogen-bond donors (Lipinski definition) is 1. The second-order valence-electron chi connectivity index (χ2n) is 7.21. The molecule has 1 atom stereocenters. The summed E-state index contributed by atoms with van der Waals surface area (Å²) in [6, 6.07) is 14.5. The maximum Gasteiger partial charge on any atom is 0.261 e. The molecule has 1 aromatic heterocycles. The Morgan fingerprint density at radius 3 is 2.54 bits per heavy atom. The largest absolute Gasteiger partial charge is 0.279 e. The van der Waals surface area contributed by atoms with Crippen molar-refractivity contribution in [2.45, 2.75) is 50.0 Å². The molecule has 0 radical (unpaired) electrons. The van der Waals surface area contributed by atoms with Crippen LogP contribution in [-0.2, 0) is 10.0 Å². The molecule has 1 heterocycles. The van der Waals surface area contributed by atoms with Crippen molar-refractivity contribution >= 4 is 15.7 Å². The minimum atomic E-state index is -3.72. The van der Waals surface area contributed by atoms with Gasteiger partial charge < -0.3 is 0 Å². The number of benzene rings is 2. The van der Waals surface area contributed by atoms with Crippen molar-refractivity contribution in [1.29, 1.82) is 0 Å². The monoisotopic (exact) mass is 397 g/mol. The first-order valence-corrected chi connectivity index (χ1v) is 11.0. The summed E-state index contributed by atoms with van der Waals surface area (Å²) in [5, 5.41) is 12.0. The van der Waals surface area contributed by atoms with Gasteiger partial charge in [0.1, 0.15) is 0 Å². The molecule has 28 heavy (non-hydrogen) atoms. The average Bonchev–Trinajstić information content (AvgIpc) is 3.44. The number of hydrogen-bond acceptors (Lipinski definition) is 5. The lowest BCUT2D eigenvalue weighted by Crippen LogP contribution is -2.14. The van der Waals surface area contributed by atoms with Gasteiger partial charge in [-0.05, 0) is 65.4 Å². The average molecular weight is 398 g/mol. The molecule has 7 nitrogen and oxygen atoms in total. The van der Waals surface area contributed by atoms with Crippen LogP contribution in [-0.4, -0.2) is 28.6 Å². The van der Waals surface area contributed by atoms with E-state index in [4.69, 9.17) is 0 Å². The first-order chi connectivity index (χ1) is 13.5. The van der Waals surface area contributed by atoms with E-state index in [9.17, 15) is 8.42 Å². The number of sulfonamides is 1. The fraction of sp³-hybridized carbons (Fsp3) is 0.350. The van der Waals surface area contributed by atoms with Crippen LogP contribution in [0, 0.1) is 0 Å². The van der Waals surface area contributed by atoms with E-state index >= 15 is 0 Å². The maximum atomic E-state index is 12.9. The summed E-state index contributed by atoms with van der Waals surface area (Å²) < 4.78 is 30.3. The van der Waals surface area contributed by atoms with Gasteiger partial charge in [-0.2, -0.15) is 0 Å². The highest BCUT2D eigenvalue weighted by molar-refractivity contribution is 7.92. The molecule has 1 saturated carbocycles. The van der Waals surface area contributed by atoms with Crippen LogP contribution in [0.2, 0.25) is 0 Å². The van der Waals surface area contributed by atoms with Crippen LogP contribution in [0.4, 0.5) is 5.69 Å². The summed E-state index contributed by atoms with van der Waals surface area (Å²) in [5.74, 6) is 0.972. The Balaban J connectivity index is 1.65. The lowest BCUT2D eigenvalue weighted by atomic mass is 9.99. The summed E-state index contributed by atoms with van der Waals surface area (Å²) in [5.41, 5.74) is 2.26. The SMILES string of the molecule is CC[C@@H](C)c1ccc(S(=O)(=O)Nc2ccccc2-c2nnnn2C2CC2)cc1. The topological polar surface area (TPSA) is 89.8 Å². The molecule has 1 fully saturated rings. The molecule has 4 rings (SSSR count). The molecule has 1 N–H and O–H groups in total. The number of aromatic nitrogens is 4. The highest BCUT2D eigenvalue weighted by Gasteiger charge is 2.29. The zero-order chi connectivity index (χ0) is 19.7. The van der Waals surface area contributed by atoms with Crippen molar-refractivity contribution in [3.8, 4) is 11.4 Å². The van der Waals surface area contributed by atoms with E-state index in [2.05, 4.69) is 34.1 Å². The molecule has 146 valence electrons. The quantitative estimate of drug-likeness (QED) is 0.651. The molecule has 0 bridgehead atoms. The molecular weight excluding hydrogens is 374 g/mol. The van der Waals surface area contributed by atoms with Gasteiger partial charge in [0.2, 0.25) is 0 Å². The van der Waals surface area contributed by atoms with Crippen molar-refractivity contribution < 1.29 is 8.42 Å². The van der Waals surface area contributed by atoms with E-state index in [1.54, 1.807) is 28.9 Å². The van der Waals surface area contributed by atoms with E-state index in [0.717, 1.165) is 24.8 Å². The Bertz CT molecular complexity index is 1070. The lowest BCUT2D eigenvalue weighted by Gasteiger charge is -2.14. The van der Waals surface area contributed by atoms with Gasteiger partial charge in [-0.25, -0.2) is 13.1 Å². The standard InChI is InChI=1S/C20H23N5O2S/c1-3-14(2)15-8-12-17(13-9-15)28(26,27)22-19-7-5-4-6-18(19)20-21-23-24-25(20)16-10-11-16/h4-9,12-14,16,22H,3,10-11H2,1-2H3/t14-/m1/s1. The van der Waals surface area contributed by atoms with E-state index < -0.39 is 10.0 Å². The molecule has 0 unspecified atom stereocenters. The van der Waals surface area contributed by atoms with Gasteiger partial charge in [-0.1, -0.05) is 38.1 Å². The molecule has 2 aromatic carbocycles. The van der Waals surface area contributed by atoms with E-state index in [0.29, 0.717) is 29.0 Å². The Morgan fingerprint density at radius 2 is 1.86 bits per heavy atom. The molecule has 0 aliphatic heterocycles. The molecule has 0 saturated heterocycles. The van der Waals surface area contributed by atoms with Crippen LogP contribution in [0.5, 0.6) is 0 Å². The van der Waals surface area contributed by atoms with Crippen LogP contribution < -0.4 is 4.72 Å². The van der Waals surface area contributed by atoms with Crippen molar-refractivity contribution in [3.63, 3.8) is 0 Å². The van der Waals surface area contributed by atoms with Gasteiger partial charge in [0, 0.05) is 5.56 Å². The fourth-order valence-corrected chi connectivity index (χ4v) is 4.20. The van der Waals surface area contributed by atoms with Crippen molar-refractivity contribution in [3.05, 3.63) is 54.1 Å². The van der Waals surface area contributed by atoms with E-state index in [1.165, 1.54) is 0 Å². The van der Waals surface area contributed by atoms with Crippen LogP contribution in [0.15, 0.2) is 53.4 Å². The van der Waals surface area contributed by atoms with Crippen LogP contribution in [0.1, 0.15) is 50.6 Å². The number of anilines is 1. The first kappa shape index (κ1) is 18.6. The number of nitrogens with one attached hydrogen (secondary N) is 1. The minimum Gasteiger partial charge on any atom is -0.279 e. The molecule has 1 aliphatic rings. The third kappa shape index (κ3) is 3.64. The van der Waals surface area contributed by atoms with E-state index in [1.807, 2.05) is 24.3 Å². The predicted molar refractivity (Wildman–Crippen MR) is 107 cm³/mol. The Morgan fingerprint density at radius 1 is 1.14 bits per heavy atom. The number of rotatable bonds is 7. The van der Waals surface area contributed by atoms with Gasteiger partial charge in [0.25, 0.3) is 10.0 Å². The molecule has 0 amide bonds. The summed E-state index contributed by atoms with van der Waals surface area (Å²) in [6.45, 7) is 4.24. The smallest absolute Gasteiger partial charge is 0.261 e. The fourth-order valence-electron chi connectivity index (χ4n) is 3.12. The van der Waals surface area contributed by atoms with Gasteiger partial charge in [-0.3, -0.25) is 4.72 Å².